The Hall–Kier alpha value is -2.79. The number of unbranched alkanes of at least 4 members (excludes halogenated alkanes) is 2. The number of ether oxygens (including phenoxy) is 3. The first-order valence-corrected chi connectivity index (χ1v) is 14.2. The number of esters is 1. The smallest absolute Gasteiger partial charge is 0.345 e. The number of benzene rings is 2. The van der Waals surface area contributed by atoms with E-state index in [-0.39, 0.29) is 24.2 Å². The number of carbonyl (C=O) groups is 2. The molecule has 0 spiro atoms. The monoisotopic (exact) mass is 538 g/mol. The van der Waals surface area contributed by atoms with E-state index in [2.05, 4.69) is 19.9 Å². The Labute approximate surface area is 231 Å². The van der Waals surface area contributed by atoms with Gasteiger partial charge in [0.1, 0.15) is 22.8 Å². The third-order valence-electron chi connectivity index (χ3n) is 7.21. The highest BCUT2D eigenvalue weighted by Gasteiger charge is 2.48. The van der Waals surface area contributed by atoms with Crippen molar-refractivity contribution in [3.8, 4) is 11.5 Å². The molecule has 2 atom stereocenters. The zero-order chi connectivity index (χ0) is 27.4. The number of Topliss-reactive ketones (excluding diaryl/α,β-unsaturated/α-hetero) is 1. The summed E-state index contributed by atoms with van der Waals surface area (Å²) in [6.07, 6.45) is 8.89. The average Bonchev–Trinajstić information content (AvgIpc) is 2.83. The van der Waals surface area contributed by atoms with Crippen molar-refractivity contribution in [2.24, 2.45) is 0 Å². The molecule has 0 N–H and O–H groups in total. The van der Waals surface area contributed by atoms with Gasteiger partial charge in [0, 0.05) is 22.1 Å². The maximum absolute atomic E-state index is 13.9. The molecule has 0 aromatic heterocycles. The zero-order valence-electron chi connectivity index (χ0n) is 23.2. The van der Waals surface area contributed by atoms with Gasteiger partial charge in [-0.05, 0) is 95.7 Å². The van der Waals surface area contributed by atoms with Crippen molar-refractivity contribution in [1.82, 2.24) is 0 Å². The van der Waals surface area contributed by atoms with Crippen molar-refractivity contribution in [2.45, 2.75) is 104 Å². The van der Waals surface area contributed by atoms with E-state index in [1.807, 2.05) is 19.9 Å². The van der Waals surface area contributed by atoms with E-state index < -0.39 is 11.8 Å². The van der Waals surface area contributed by atoms with Gasteiger partial charge >= 0.3 is 5.97 Å². The standard InChI is InChI=1S/C32H39ClO5/c1-6-7-8-11-24-18-27(36-20(2)3)28(23-12-9-10-21(4)17-23)30-29(24)31(35)38-32(37-30,19-22(5)34)25-13-15-26(33)16-14-25/h13-18,20,23H,6-12,19H2,1-5H3. The van der Waals surface area contributed by atoms with Gasteiger partial charge in [0.15, 0.2) is 0 Å². The fraction of sp³-hybridized carbons (Fsp3) is 0.500. The maximum atomic E-state index is 13.9. The number of allylic oxidation sites excluding steroid dienone is 2. The second-order valence-electron chi connectivity index (χ2n) is 10.9. The molecule has 2 unspecified atom stereocenters. The second-order valence-corrected chi connectivity index (χ2v) is 11.4. The number of aryl methyl sites for hydroxylation is 1. The lowest BCUT2D eigenvalue weighted by molar-refractivity contribution is -0.172. The van der Waals surface area contributed by atoms with Crippen molar-refractivity contribution in [3.05, 3.63) is 69.3 Å². The first kappa shape index (κ1) is 28.2. The lowest BCUT2D eigenvalue weighted by Crippen LogP contribution is -2.44. The van der Waals surface area contributed by atoms with Gasteiger partial charge in [-0.3, -0.25) is 4.79 Å². The van der Waals surface area contributed by atoms with Gasteiger partial charge in [-0.25, -0.2) is 4.79 Å². The minimum absolute atomic E-state index is 0.0297. The van der Waals surface area contributed by atoms with Crippen LogP contribution in [0.2, 0.25) is 5.02 Å². The molecule has 1 heterocycles. The number of ketones is 1. The minimum Gasteiger partial charge on any atom is -0.491 e. The Morgan fingerprint density at radius 2 is 1.92 bits per heavy atom. The van der Waals surface area contributed by atoms with Crippen LogP contribution in [0.1, 0.15) is 113 Å². The molecule has 5 nitrogen and oxygen atoms in total. The number of cyclic esters (lactones) is 1. The van der Waals surface area contributed by atoms with E-state index in [0.717, 1.165) is 55.4 Å². The van der Waals surface area contributed by atoms with Crippen LogP contribution in [0.3, 0.4) is 0 Å². The van der Waals surface area contributed by atoms with Crippen LogP contribution in [0.15, 0.2) is 42.0 Å². The van der Waals surface area contributed by atoms with E-state index in [4.69, 9.17) is 25.8 Å². The summed E-state index contributed by atoms with van der Waals surface area (Å²) in [5.41, 5.74) is 4.06. The maximum Gasteiger partial charge on any atom is 0.345 e. The Kier molecular flexibility index (Phi) is 8.87. The van der Waals surface area contributed by atoms with Crippen LogP contribution >= 0.6 is 11.6 Å². The van der Waals surface area contributed by atoms with Crippen LogP contribution < -0.4 is 9.47 Å². The van der Waals surface area contributed by atoms with Gasteiger partial charge in [0.2, 0.25) is 0 Å². The summed E-state index contributed by atoms with van der Waals surface area (Å²) in [4.78, 5) is 26.4. The molecular formula is C32H39ClO5. The molecule has 1 aliphatic heterocycles. The van der Waals surface area contributed by atoms with E-state index in [0.29, 0.717) is 28.3 Å². The molecule has 38 heavy (non-hydrogen) atoms. The van der Waals surface area contributed by atoms with Crippen LogP contribution in [0.5, 0.6) is 11.5 Å². The molecule has 2 aliphatic rings. The Balaban J connectivity index is 1.97. The fourth-order valence-electron chi connectivity index (χ4n) is 5.54. The van der Waals surface area contributed by atoms with Gasteiger partial charge in [-0.15, -0.1) is 0 Å². The molecule has 4 rings (SSSR count). The summed E-state index contributed by atoms with van der Waals surface area (Å²) in [6.45, 7) is 9.79. The van der Waals surface area contributed by atoms with Crippen molar-refractivity contribution in [2.75, 3.05) is 0 Å². The molecule has 0 radical (unpaired) electrons. The summed E-state index contributed by atoms with van der Waals surface area (Å²) in [5.74, 6) is -0.949. The quantitative estimate of drug-likeness (QED) is 0.172. The molecule has 204 valence electrons. The average molecular weight is 539 g/mol. The van der Waals surface area contributed by atoms with Gasteiger partial charge < -0.3 is 14.2 Å². The molecule has 0 saturated heterocycles. The van der Waals surface area contributed by atoms with Crippen LogP contribution in [-0.2, 0) is 21.7 Å². The van der Waals surface area contributed by atoms with Gasteiger partial charge in [0.05, 0.1) is 12.5 Å². The van der Waals surface area contributed by atoms with Gasteiger partial charge in [-0.2, -0.15) is 0 Å². The summed E-state index contributed by atoms with van der Waals surface area (Å²) < 4.78 is 19.3. The third-order valence-corrected chi connectivity index (χ3v) is 7.46. The number of hydrogen-bond donors (Lipinski definition) is 0. The highest BCUT2D eigenvalue weighted by atomic mass is 35.5. The van der Waals surface area contributed by atoms with Crippen molar-refractivity contribution < 1.29 is 23.8 Å². The predicted octanol–water partition coefficient (Wildman–Crippen LogP) is 8.46. The molecule has 0 fully saturated rings. The first-order chi connectivity index (χ1) is 18.1. The lowest BCUT2D eigenvalue weighted by atomic mass is 9.82. The minimum atomic E-state index is -1.58. The van der Waals surface area contributed by atoms with E-state index in [9.17, 15) is 9.59 Å². The Morgan fingerprint density at radius 3 is 2.55 bits per heavy atom. The molecular weight excluding hydrogens is 500 g/mol. The fourth-order valence-corrected chi connectivity index (χ4v) is 5.67. The van der Waals surface area contributed by atoms with Crippen LogP contribution in [0, 0.1) is 0 Å². The van der Waals surface area contributed by atoms with Crippen LogP contribution in [0.4, 0.5) is 0 Å². The van der Waals surface area contributed by atoms with Crippen molar-refractivity contribution in [1.29, 1.82) is 0 Å². The number of carbonyl (C=O) groups excluding carboxylic acids is 2. The highest BCUT2D eigenvalue weighted by molar-refractivity contribution is 6.30. The van der Waals surface area contributed by atoms with E-state index >= 15 is 0 Å². The summed E-state index contributed by atoms with van der Waals surface area (Å²) >= 11 is 6.16. The number of halogens is 1. The van der Waals surface area contributed by atoms with E-state index in [1.165, 1.54) is 12.5 Å². The number of rotatable bonds is 10. The van der Waals surface area contributed by atoms with E-state index in [1.54, 1.807) is 24.3 Å². The largest absolute Gasteiger partial charge is 0.491 e. The normalized spacial score (nSPS) is 20.9. The molecule has 6 heteroatoms. The zero-order valence-corrected chi connectivity index (χ0v) is 24.0. The highest BCUT2D eigenvalue weighted by Crippen LogP contribution is 2.51. The molecule has 0 amide bonds. The first-order valence-electron chi connectivity index (χ1n) is 13.8. The molecule has 2 aromatic carbocycles. The molecule has 1 aliphatic carbocycles. The van der Waals surface area contributed by atoms with Crippen molar-refractivity contribution >= 4 is 23.4 Å². The SMILES string of the molecule is CCCCCc1cc(OC(C)C)c(C2C=C(C)CCC2)c2c1C(=O)OC(CC(C)=O)(c1ccc(Cl)cc1)O2. The summed E-state index contributed by atoms with van der Waals surface area (Å²) in [7, 11) is 0. The number of fused-ring (bicyclic) bond motifs is 1. The number of hydrogen-bond acceptors (Lipinski definition) is 5. The Morgan fingerprint density at radius 1 is 1.18 bits per heavy atom. The van der Waals surface area contributed by atoms with Gasteiger partial charge in [-0.1, -0.05) is 43.0 Å². The molecule has 0 bridgehead atoms. The van der Waals surface area contributed by atoms with Gasteiger partial charge in [0.25, 0.3) is 5.79 Å². The topological polar surface area (TPSA) is 61.8 Å². The van der Waals surface area contributed by atoms with Crippen LogP contribution in [-0.4, -0.2) is 17.9 Å². The van der Waals surface area contributed by atoms with Crippen molar-refractivity contribution in [3.63, 3.8) is 0 Å². The predicted molar refractivity (Wildman–Crippen MR) is 150 cm³/mol. The second kappa shape index (κ2) is 11.9. The lowest BCUT2D eigenvalue weighted by Gasteiger charge is -2.40. The summed E-state index contributed by atoms with van der Waals surface area (Å²) in [5, 5.41) is 0.545. The molecule has 2 aromatic rings. The molecule has 0 saturated carbocycles. The van der Waals surface area contributed by atoms with Crippen LogP contribution in [0.25, 0.3) is 0 Å². The summed E-state index contributed by atoms with van der Waals surface area (Å²) in [6, 6.07) is 8.96. The third kappa shape index (κ3) is 6.09. The Bertz CT molecular complexity index is 1210.